The number of hydrogen-bond donors (Lipinski definition) is 1. The number of aromatic nitrogens is 2. The lowest BCUT2D eigenvalue weighted by molar-refractivity contribution is -0.117. The Morgan fingerprint density at radius 3 is 2.68 bits per heavy atom. The van der Waals surface area contributed by atoms with Gasteiger partial charge in [-0.3, -0.25) is 9.48 Å². The van der Waals surface area contributed by atoms with E-state index in [1.54, 1.807) is 11.8 Å². The summed E-state index contributed by atoms with van der Waals surface area (Å²) in [6.07, 6.45) is 2.40. The van der Waals surface area contributed by atoms with Crippen LogP contribution >= 0.6 is 11.8 Å². The fourth-order valence-corrected chi connectivity index (χ4v) is 5.03. The van der Waals surface area contributed by atoms with Crippen molar-refractivity contribution < 1.29 is 4.79 Å². The Morgan fingerprint density at radius 1 is 1.28 bits per heavy atom. The zero-order valence-corrected chi connectivity index (χ0v) is 16.3. The molecule has 1 fully saturated rings. The fraction of sp³-hybridized carbons (Fsp3) is 0.500. The van der Waals surface area contributed by atoms with Gasteiger partial charge in [-0.25, -0.2) is 0 Å². The highest BCUT2D eigenvalue weighted by Gasteiger charge is 2.43. The maximum atomic E-state index is 12.8. The highest BCUT2D eigenvalue weighted by molar-refractivity contribution is 8.01. The Hall–Kier alpha value is -1.75. The van der Waals surface area contributed by atoms with Crippen molar-refractivity contribution in [2.45, 2.75) is 56.5 Å². The van der Waals surface area contributed by atoms with E-state index in [2.05, 4.69) is 37.4 Å². The standard InChI is InChI=1S/C20H25N3OS/c1-11-6-7-12(2)14(10-11)17-15-16(13-8-9-13)22-23(5)18(15)21-19(24)20(3,4)25-17/h6-7,10,13,17H,8-9H2,1-5H3,(H,21,24). The van der Waals surface area contributed by atoms with Gasteiger partial charge >= 0.3 is 0 Å². The third kappa shape index (κ3) is 2.78. The monoisotopic (exact) mass is 355 g/mol. The van der Waals surface area contributed by atoms with E-state index in [4.69, 9.17) is 5.10 Å². The second-order valence-corrected chi connectivity index (χ2v) is 9.60. The molecule has 1 aromatic carbocycles. The molecule has 1 aromatic heterocycles. The number of nitrogens with zero attached hydrogens (tertiary/aromatic N) is 2. The molecule has 1 aliphatic heterocycles. The van der Waals surface area contributed by atoms with E-state index >= 15 is 0 Å². The second-order valence-electron chi connectivity index (χ2n) is 7.87. The minimum atomic E-state index is -0.499. The van der Waals surface area contributed by atoms with Crippen molar-refractivity contribution in [2.24, 2.45) is 7.05 Å². The van der Waals surface area contributed by atoms with Crippen molar-refractivity contribution in [1.29, 1.82) is 0 Å². The summed E-state index contributed by atoms with van der Waals surface area (Å²) < 4.78 is 1.36. The van der Waals surface area contributed by atoms with Gasteiger partial charge in [0.15, 0.2) is 0 Å². The molecule has 1 aliphatic carbocycles. The van der Waals surface area contributed by atoms with Crippen LogP contribution in [-0.4, -0.2) is 20.4 Å². The van der Waals surface area contributed by atoms with Crippen LogP contribution in [0.1, 0.15) is 65.8 Å². The van der Waals surface area contributed by atoms with Gasteiger partial charge in [-0.15, -0.1) is 11.8 Å². The quantitative estimate of drug-likeness (QED) is 0.865. The molecule has 0 saturated heterocycles. The molecule has 2 heterocycles. The molecule has 1 atom stereocenters. The highest BCUT2D eigenvalue weighted by Crippen LogP contribution is 2.54. The Labute approximate surface area is 153 Å². The van der Waals surface area contributed by atoms with Crippen LogP contribution in [0.5, 0.6) is 0 Å². The first-order valence-electron chi connectivity index (χ1n) is 8.91. The van der Waals surface area contributed by atoms with Crippen LogP contribution in [0.25, 0.3) is 0 Å². The Balaban J connectivity index is 1.96. The van der Waals surface area contributed by atoms with Gasteiger partial charge in [0.1, 0.15) is 5.82 Å². The number of thioether (sulfide) groups is 1. The van der Waals surface area contributed by atoms with Gasteiger partial charge in [0.25, 0.3) is 0 Å². The Kier molecular flexibility index (Phi) is 3.76. The molecule has 2 aliphatic rings. The maximum absolute atomic E-state index is 12.8. The summed E-state index contributed by atoms with van der Waals surface area (Å²) in [7, 11) is 1.94. The number of anilines is 1. The molecule has 25 heavy (non-hydrogen) atoms. The summed E-state index contributed by atoms with van der Waals surface area (Å²) in [6.45, 7) is 8.32. The van der Waals surface area contributed by atoms with E-state index in [9.17, 15) is 4.79 Å². The average Bonchev–Trinajstić information content (AvgIpc) is 3.34. The molecule has 0 bridgehead atoms. The SMILES string of the molecule is Cc1ccc(C)c(C2SC(C)(C)C(=O)Nc3c2c(C2CC2)nn3C)c1. The van der Waals surface area contributed by atoms with Crippen LogP contribution in [0.15, 0.2) is 18.2 Å². The lowest BCUT2D eigenvalue weighted by Gasteiger charge is -2.26. The molecule has 1 amide bonds. The zero-order chi connectivity index (χ0) is 17.9. The van der Waals surface area contributed by atoms with E-state index in [1.165, 1.54) is 40.8 Å². The zero-order valence-electron chi connectivity index (χ0n) is 15.5. The molecule has 0 radical (unpaired) electrons. The molecule has 1 N–H and O–H groups in total. The Morgan fingerprint density at radius 2 is 2.00 bits per heavy atom. The smallest absolute Gasteiger partial charge is 0.241 e. The largest absolute Gasteiger partial charge is 0.309 e. The summed E-state index contributed by atoms with van der Waals surface area (Å²) >= 11 is 1.74. The fourth-order valence-electron chi connectivity index (χ4n) is 3.55. The number of rotatable bonds is 2. The molecule has 2 aromatic rings. The average molecular weight is 356 g/mol. The second kappa shape index (κ2) is 5.63. The van der Waals surface area contributed by atoms with Gasteiger partial charge < -0.3 is 5.32 Å². The summed E-state index contributed by atoms with van der Waals surface area (Å²) in [5.74, 6) is 1.47. The number of benzene rings is 1. The van der Waals surface area contributed by atoms with Crippen molar-refractivity contribution in [3.63, 3.8) is 0 Å². The van der Waals surface area contributed by atoms with Gasteiger partial charge in [-0.2, -0.15) is 5.10 Å². The Bertz CT molecular complexity index is 864. The van der Waals surface area contributed by atoms with Crippen LogP contribution in [0.2, 0.25) is 0 Å². The molecule has 132 valence electrons. The van der Waals surface area contributed by atoms with E-state index in [0.717, 1.165) is 5.82 Å². The highest BCUT2D eigenvalue weighted by atomic mass is 32.2. The first kappa shape index (κ1) is 16.7. The minimum Gasteiger partial charge on any atom is -0.309 e. The van der Waals surface area contributed by atoms with Crippen molar-refractivity contribution in [3.05, 3.63) is 46.1 Å². The van der Waals surface area contributed by atoms with Crippen molar-refractivity contribution in [2.75, 3.05) is 5.32 Å². The normalized spacial score (nSPS) is 22.3. The summed E-state index contributed by atoms with van der Waals surface area (Å²) in [5.41, 5.74) is 6.20. The molecule has 5 heteroatoms. The van der Waals surface area contributed by atoms with Crippen LogP contribution in [0.4, 0.5) is 5.82 Å². The summed E-state index contributed by atoms with van der Waals surface area (Å²) in [5, 5.41) is 8.07. The third-order valence-corrected chi connectivity index (χ3v) is 6.75. The molecular formula is C20H25N3OS. The van der Waals surface area contributed by atoms with Gasteiger partial charge in [-0.05, 0) is 51.7 Å². The molecule has 1 saturated carbocycles. The first-order chi connectivity index (χ1) is 11.8. The summed E-state index contributed by atoms with van der Waals surface area (Å²) in [6, 6.07) is 6.61. The molecule has 0 spiro atoms. The number of aryl methyl sites for hydroxylation is 3. The topological polar surface area (TPSA) is 46.9 Å². The number of amides is 1. The molecule has 1 unspecified atom stereocenters. The van der Waals surface area contributed by atoms with Crippen LogP contribution in [0.3, 0.4) is 0 Å². The first-order valence-corrected chi connectivity index (χ1v) is 9.79. The minimum absolute atomic E-state index is 0.0527. The van der Waals surface area contributed by atoms with Gasteiger partial charge in [0, 0.05) is 18.5 Å². The summed E-state index contributed by atoms with van der Waals surface area (Å²) in [4.78, 5) is 12.8. The molecule has 4 rings (SSSR count). The third-order valence-electron chi connectivity index (χ3n) is 5.25. The number of carbonyl (C=O) groups is 1. The molecular weight excluding hydrogens is 330 g/mol. The van der Waals surface area contributed by atoms with Crippen LogP contribution < -0.4 is 5.32 Å². The van der Waals surface area contributed by atoms with Crippen LogP contribution in [-0.2, 0) is 11.8 Å². The van der Waals surface area contributed by atoms with Crippen molar-refractivity contribution in [3.8, 4) is 0 Å². The van der Waals surface area contributed by atoms with Crippen molar-refractivity contribution >= 4 is 23.5 Å². The maximum Gasteiger partial charge on any atom is 0.241 e. The van der Waals surface area contributed by atoms with Crippen LogP contribution in [0, 0.1) is 13.8 Å². The van der Waals surface area contributed by atoms with E-state index in [1.807, 2.05) is 25.6 Å². The van der Waals surface area contributed by atoms with E-state index in [0.29, 0.717) is 5.92 Å². The van der Waals surface area contributed by atoms with E-state index < -0.39 is 4.75 Å². The van der Waals surface area contributed by atoms with E-state index in [-0.39, 0.29) is 11.2 Å². The predicted octanol–water partition coefficient (Wildman–Crippen LogP) is 4.47. The number of nitrogens with one attached hydrogen (secondary N) is 1. The van der Waals surface area contributed by atoms with Gasteiger partial charge in [0.05, 0.1) is 15.7 Å². The number of fused-ring (bicyclic) bond motifs is 1. The lowest BCUT2D eigenvalue weighted by atomic mass is 9.96. The molecule has 4 nitrogen and oxygen atoms in total. The number of carbonyl (C=O) groups excluding carboxylic acids is 1. The number of hydrogen-bond acceptors (Lipinski definition) is 3. The lowest BCUT2D eigenvalue weighted by Crippen LogP contribution is -2.33. The van der Waals surface area contributed by atoms with Crippen molar-refractivity contribution in [1.82, 2.24) is 9.78 Å². The van der Waals surface area contributed by atoms with Gasteiger partial charge in [-0.1, -0.05) is 23.8 Å². The predicted molar refractivity (Wildman–Crippen MR) is 103 cm³/mol. The van der Waals surface area contributed by atoms with Gasteiger partial charge in [0.2, 0.25) is 5.91 Å².